The zero-order chi connectivity index (χ0) is 17.9. The quantitative estimate of drug-likeness (QED) is 0.796. The average Bonchev–Trinajstić information content (AvgIpc) is 3.22. The largest absolute Gasteiger partial charge is 0.342 e. The molecule has 2 heterocycles. The average molecular weight is 352 g/mol. The Morgan fingerprint density at radius 3 is 2.65 bits per heavy atom. The molecule has 0 bridgehead atoms. The van der Waals surface area contributed by atoms with Gasteiger partial charge in [-0.1, -0.05) is 31.0 Å². The fourth-order valence-corrected chi connectivity index (χ4v) is 4.34. The van der Waals surface area contributed by atoms with E-state index in [9.17, 15) is 9.18 Å². The Balaban J connectivity index is 1.51. The van der Waals surface area contributed by atoms with Crippen LogP contribution in [-0.4, -0.2) is 28.9 Å². The molecule has 2 fully saturated rings. The normalized spacial score (nSPS) is 21.1. The first-order chi connectivity index (χ1) is 12.7. The predicted octanol–water partition coefficient (Wildman–Crippen LogP) is 4.78. The third kappa shape index (κ3) is 3.64. The van der Waals surface area contributed by atoms with Crippen LogP contribution in [0.4, 0.5) is 4.39 Å². The summed E-state index contributed by atoms with van der Waals surface area (Å²) in [6, 6.07) is 12.5. The Labute approximate surface area is 154 Å². The molecule has 0 N–H and O–H groups in total. The van der Waals surface area contributed by atoms with Crippen LogP contribution in [0.3, 0.4) is 0 Å². The third-order valence-corrected chi connectivity index (χ3v) is 5.75. The highest BCUT2D eigenvalue weighted by molar-refractivity contribution is 5.79. The first kappa shape index (κ1) is 17.2. The van der Waals surface area contributed by atoms with Crippen molar-refractivity contribution < 1.29 is 9.18 Å². The monoisotopic (exact) mass is 352 g/mol. The number of carbonyl (C=O) groups excluding carboxylic acids is 1. The second kappa shape index (κ2) is 7.56. The van der Waals surface area contributed by atoms with Gasteiger partial charge in [0.15, 0.2) is 0 Å². The molecule has 2 aliphatic rings. The minimum Gasteiger partial charge on any atom is -0.342 e. The number of hydrogen-bond donors (Lipinski definition) is 0. The molecule has 136 valence electrons. The van der Waals surface area contributed by atoms with Gasteiger partial charge in [0.1, 0.15) is 5.82 Å². The highest BCUT2D eigenvalue weighted by Gasteiger charge is 2.31. The summed E-state index contributed by atoms with van der Waals surface area (Å²) in [4.78, 5) is 19.6. The van der Waals surface area contributed by atoms with Crippen molar-refractivity contribution in [2.75, 3.05) is 13.1 Å². The fourth-order valence-electron chi connectivity index (χ4n) is 4.34. The van der Waals surface area contributed by atoms with E-state index < -0.39 is 0 Å². The van der Waals surface area contributed by atoms with Crippen LogP contribution in [0.1, 0.15) is 50.1 Å². The van der Waals surface area contributed by atoms with E-state index in [1.165, 1.54) is 25.0 Å². The van der Waals surface area contributed by atoms with E-state index >= 15 is 0 Å². The van der Waals surface area contributed by atoms with Gasteiger partial charge in [-0.3, -0.25) is 9.78 Å². The highest BCUT2D eigenvalue weighted by Crippen LogP contribution is 2.31. The Kier molecular flexibility index (Phi) is 5.00. The highest BCUT2D eigenvalue weighted by atomic mass is 19.1. The molecule has 4 heteroatoms. The van der Waals surface area contributed by atoms with Gasteiger partial charge in [0.25, 0.3) is 0 Å². The Morgan fingerprint density at radius 1 is 1.04 bits per heavy atom. The summed E-state index contributed by atoms with van der Waals surface area (Å²) in [6.45, 7) is 1.63. The van der Waals surface area contributed by atoms with Gasteiger partial charge in [0.05, 0.1) is 5.69 Å². The Morgan fingerprint density at radius 2 is 1.85 bits per heavy atom. The van der Waals surface area contributed by atoms with E-state index in [0.29, 0.717) is 5.91 Å². The van der Waals surface area contributed by atoms with E-state index in [1.807, 2.05) is 24.3 Å². The van der Waals surface area contributed by atoms with E-state index in [2.05, 4.69) is 4.90 Å². The molecule has 1 saturated carbocycles. The van der Waals surface area contributed by atoms with Crippen LogP contribution in [0.5, 0.6) is 0 Å². The van der Waals surface area contributed by atoms with Gasteiger partial charge in [-0.05, 0) is 49.9 Å². The van der Waals surface area contributed by atoms with Gasteiger partial charge in [-0.15, -0.1) is 0 Å². The lowest BCUT2D eigenvalue weighted by atomic mass is 9.92. The zero-order valence-corrected chi connectivity index (χ0v) is 15.0. The van der Waals surface area contributed by atoms with Crippen molar-refractivity contribution in [1.82, 2.24) is 9.88 Å². The van der Waals surface area contributed by atoms with Crippen molar-refractivity contribution in [3.8, 4) is 11.3 Å². The van der Waals surface area contributed by atoms with Crippen LogP contribution >= 0.6 is 0 Å². The maximum Gasteiger partial charge on any atom is 0.225 e. The molecule has 4 rings (SSSR count). The number of piperidine rings is 1. The van der Waals surface area contributed by atoms with Crippen molar-refractivity contribution in [2.45, 2.75) is 44.4 Å². The molecule has 1 unspecified atom stereocenters. The molecule has 1 aromatic heterocycles. The molecule has 0 radical (unpaired) electrons. The Bertz CT molecular complexity index is 785. The number of pyridine rings is 1. The van der Waals surface area contributed by atoms with Crippen molar-refractivity contribution in [1.29, 1.82) is 0 Å². The Hall–Kier alpha value is -2.23. The number of aromatic nitrogens is 1. The minimum atomic E-state index is -0.249. The fraction of sp³-hybridized carbons (Fsp3) is 0.455. The molecule has 1 atom stereocenters. The molecule has 2 aromatic rings. The van der Waals surface area contributed by atoms with Gasteiger partial charge in [0, 0.05) is 36.2 Å². The number of halogens is 1. The van der Waals surface area contributed by atoms with Crippen LogP contribution in [0, 0.1) is 11.7 Å². The summed E-state index contributed by atoms with van der Waals surface area (Å²) in [7, 11) is 0. The van der Waals surface area contributed by atoms with Gasteiger partial charge in [0.2, 0.25) is 5.91 Å². The standard InChI is InChI=1S/C22H25FN2O/c23-19-10-3-8-17(14-19)20-11-4-12-21(24-20)18-9-5-13-25(15-18)22(26)16-6-1-2-7-16/h3-4,8,10-12,14,16,18H,1-2,5-7,9,13,15H2. The zero-order valence-electron chi connectivity index (χ0n) is 15.0. The van der Waals surface area contributed by atoms with Gasteiger partial charge in [-0.25, -0.2) is 4.39 Å². The number of carbonyl (C=O) groups is 1. The lowest BCUT2D eigenvalue weighted by Gasteiger charge is -2.34. The second-order valence-corrected chi connectivity index (χ2v) is 7.56. The molecule has 1 aliphatic carbocycles. The topological polar surface area (TPSA) is 33.2 Å². The summed E-state index contributed by atoms with van der Waals surface area (Å²) in [5.41, 5.74) is 2.60. The first-order valence-corrected chi connectivity index (χ1v) is 9.72. The molecule has 1 amide bonds. The number of benzene rings is 1. The van der Waals surface area contributed by atoms with Crippen LogP contribution in [0.25, 0.3) is 11.3 Å². The first-order valence-electron chi connectivity index (χ1n) is 9.72. The number of likely N-dealkylation sites (tertiary alicyclic amines) is 1. The smallest absolute Gasteiger partial charge is 0.225 e. The summed E-state index contributed by atoms with van der Waals surface area (Å²) >= 11 is 0. The second-order valence-electron chi connectivity index (χ2n) is 7.56. The SMILES string of the molecule is O=C(C1CCCC1)N1CCCC(c2cccc(-c3cccc(F)c3)n2)C1. The molecular weight excluding hydrogens is 327 g/mol. The van der Waals surface area contributed by atoms with Crippen molar-refractivity contribution in [3.05, 3.63) is 54.0 Å². The summed E-state index contributed by atoms with van der Waals surface area (Å²) in [5, 5.41) is 0. The number of hydrogen-bond acceptors (Lipinski definition) is 2. The predicted molar refractivity (Wildman–Crippen MR) is 100 cm³/mol. The van der Waals surface area contributed by atoms with Crippen LogP contribution in [0.15, 0.2) is 42.5 Å². The lowest BCUT2D eigenvalue weighted by molar-refractivity contribution is -0.136. The van der Waals surface area contributed by atoms with Gasteiger partial charge < -0.3 is 4.90 Å². The number of nitrogens with zero attached hydrogens (tertiary/aromatic N) is 2. The van der Waals surface area contributed by atoms with Crippen molar-refractivity contribution in [3.63, 3.8) is 0 Å². The van der Waals surface area contributed by atoms with Crippen molar-refractivity contribution in [2.24, 2.45) is 5.92 Å². The lowest BCUT2D eigenvalue weighted by Crippen LogP contribution is -2.42. The molecular formula is C22H25FN2O. The maximum atomic E-state index is 13.5. The van der Waals surface area contributed by atoms with E-state index in [0.717, 1.165) is 55.7 Å². The van der Waals surface area contributed by atoms with Crippen molar-refractivity contribution >= 4 is 5.91 Å². The van der Waals surface area contributed by atoms with Gasteiger partial charge >= 0.3 is 0 Å². The maximum absolute atomic E-state index is 13.5. The molecule has 1 aliphatic heterocycles. The van der Waals surface area contributed by atoms with Crippen LogP contribution in [0.2, 0.25) is 0 Å². The van der Waals surface area contributed by atoms with E-state index in [1.54, 1.807) is 6.07 Å². The van der Waals surface area contributed by atoms with E-state index in [-0.39, 0.29) is 17.7 Å². The molecule has 1 aromatic carbocycles. The third-order valence-electron chi connectivity index (χ3n) is 5.75. The van der Waals surface area contributed by atoms with Gasteiger partial charge in [-0.2, -0.15) is 0 Å². The molecule has 3 nitrogen and oxygen atoms in total. The molecule has 0 spiro atoms. The summed E-state index contributed by atoms with van der Waals surface area (Å²) < 4.78 is 13.5. The number of amides is 1. The number of rotatable bonds is 3. The summed E-state index contributed by atoms with van der Waals surface area (Å²) in [5.74, 6) is 0.595. The van der Waals surface area contributed by atoms with Crippen LogP contribution in [-0.2, 0) is 4.79 Å². The minimum absolute atomic E-state index is 0.236. The molecule has 1 saturated heterocycles. The van der Waals surface area contributed by atoms with Crippen LogP contribution < -0.4 is 0 Å². The molecule has 26 heavy (non-hydrogen) atoms. The van der Waals surface area contributed by atoms with E-state index in [4.69, 9.17) is 4.98 Å². The summed E-state index contributed by atoms with van der Waals surface area (Å²) in [6.07, 6.45) is 6.54.